The molecule has 21 heavy (non-hydrogen) atoms. The van der Waals surface area contributed by atoms with E-state index in [1.807, 2.05) is 0 Å². The number of halogens is 5. The van der Waals surface area contributed by atoms with Gasteiger partial charge in [0, 0.05) is 6.07 Å². The monoisotopic (exact) mass is 390 g/mol. The van der Waals surface area contributed by atoms with Gasteiger partial charge in [0.05, 0.1) is 26.4 Å². The van der Waals surface area contributed by atoms with Crippen LogP contribution in [0.2, 0.25) is 5.02 Å². The highest BCUT2D eigenvalue weighted by Gasteiger charge is 2.18. The zero-order valence-corrected chi connectivity index (χ0v) is 13.5. The van der Waals surface area contributed by atoms with E-state index in [-0.39, 0.29) is 21.1 Å². The standard InChI is InChI=1S/C14H7BrCl2F2N2/c15-7-4-12-11(5-10(7)19)20-13(6-16)21(12)14-8(17)2-1-3-9(14)18/h1-5H,6H2. The Morgan fingerprint density at radius 3 is 2.62 bits per heavy atom. The van der Waals surface area contributed by atoms with Crippen molar-refractivity contribution in [1.29, 1.82) is 0 Å². The molecule has 1 aromatic heterocycles. The quantitative estimate of drug-likeness (QED) is 0.530. The number of alkyl halides is 1. The first-order valence-corrected chi connectivity index (χ1v) is 7.60. The first kappa shape index (κ1) is 14.8. The molecule has 0 spiro atoms. The van der Waals surface area contributed by atoms with Gasteiger partial charge in [0.1, 0.15) is 23.1 Å². The third-order valence-corrected chi connectivity index (χ3v) is 4.20. The van der Waals surface area contributed by atoms with Crippen molar-refractivity contribution < 1.29 is 8.78 Å². The molecule has 0 N–H and O–H groups in total. The first-order valence-electron chi connectivity index (χ1n) is 5.89. The van der Waals surface area contributed by atoms with Crippen molar-refractivity contribution >= 4 is 50.2 Å². The SMILES string of the molecule is Fc1cc2nc(CCl)n(-c3c(F)cccc3Cl)c2cc1Br. The summed E-state index contributed by atoms with van der Waals surface area (Å²) in [5, 5.41) is 0.223. The van der Waals surface area contributed by atoms with Crippen molar-refractivity contribution in [2.24, 2.45) is 0 Å². The van der Waals surface area contributed by atoms with Gasteiger partial charge < -0.3 is 0 Å². The van der Waals surface area contributed by atoms with E-state index in [0.717, 1.165) is 0 Å². The van der Waals surface area contributed by atoms with E-state index in [0.29, 0.717) is 16.9 Å². The zero-order chi connectivity index (χ0) is 15.1. The van der Waals surface area contributed by atoms with E-state index in [1.165, 1.54) is 28.8 Å². The Bertz CT molecular complexity index is 828. The Morgan fingerprint density at radius 1 is 1.19 bits per heavy atom. The molecule has 0 saturated heterocycles. The molecule has 0 radical (unpaired) electrons. The van der Waals surface area contributed by atoms with Crippen LogP contribution < -0.4 is 0 Å². The van der Waals surface area contributed by atoms with Crippen LogP contribution in [0.4, 0.5) is 8.78 Å². The number of hydrogen-bond donors (Lipinski definition) is 0. The van der Waals surface area contributed by atoms with Gasteiger partial charge in [-0.2, -0.15) is 0 Å². The van der Waals surface area contributed by atoms with Gasteiger partial charge in [0.15, 0.2) is 0 Å². The molecule has 0 aliphatic rings. The van der Waals surface area contributed by atoms with Crippen LogP contribution in [0.5, 0.6) is 0 Å². The van der Waals surface area contributed by atoms with Gasteiger partial charge in [-0.25, -0.2) is 13.8 Å². The first-order chi connectivity index (χ1) is 10.0. The number of aromatic nitrogens is 2. The summed E-state index contributed by atoms with van der Waals surface area (Å²) in [6.45, 7) is 0. The van der Waals surface area contributed by atoms with E-state index < -0.39 is 11.6 Å². The predicted molar refractivity (Wildman–Crippen MR) is 83.3 cm³/mol. The Balaban J connectivity index is 2.43. The van der Waals surface area contributed by atoms with Gasteiger partial charge in [0.2, 0.25) is 0 Å². The van der Waals surface area contributed by atoms with Gasteiger partial charge >= 0.3 is 0 Å². The third kappa shape index (κ3) is 2.43. The molecule has 108 valence electrons. The highest BCUT2D eigenvalue weighted by molar-refractivity contribution is 9.10. The molecule has 7 heteroatoms. The van der Waals surface area contributed by atoms with E-state index in [1.54, 1.807) is 6.07 Å². The van der Waals surface area contributed by atoms with Gasteiger partial charge in [-0.3, -0.25) is 4.57 Å². The van der Waals surface area contributed by atoms with Gasteiger partial charge in [0.25, 0.3) is 0 Å². The molecule has 0 unspecified atom stereocenters. The zero-order valence-electron chi connectivity index (χ0n) is 10.4. The fraction of sp³-hybridized carbons (Fsp3) is 0.0714. The molecule has 3 rings (SSSR count). The molecule has 0 atom stereocenters. The van der Waals surface area contributed by atoms with Crippen LogP contribution in [0, 0.1) is 11.6 Å². The summed E-state index contributed by atoms with van der Waals surface area (Å²) in [5.41, 5.74) is 1.05. The maximum Gasteiger partial charge on any atom is 0.148 e. The van der Waals surface area contributed by atoms with Crippen LogP contribution >= 0.6 is 39.1 Å². The molecule has 0 fully saturated rings. The molecule has 2 aromatic carbocycles. The molecule has 3 aromatic rings. The fourth-order valence-electron chi connectivity index (χ4n) is 2.16. The van der Waals surface area contributed by atoms with E-state index in [9.17, 15) is 8.78 Å². The number of hydrogen-bond acceptors (Lipinski definition) is 1. The van der Waals surface area contributed by atoms with E-state index >= 15 is 0 Å². The normalized spacial score (nSPS) is 11.3. The highest BCUT2D eigenvalue weighted by Crippen LogP contribution is 2.32. The van der Waals surface area contributed by atoms with Crippen molar-refractivity contribution in [2.75, 3.05) is 0 Å². The summed E-state index contributed by atoms with van der Waals surface area (Å²) in [5.74, 6) is -0.531. The predicted octanol–water partition coefficient (Wildman–Crippen LogP) is 5.46. The minimum atomic E-state index is -0.506. The second-order valence-electron chi connectivity index (χ2n) is 4.32. The maximum absolute atomic E-state index is 14.2. The Morgan fingerprint density at radius 2 is 1.95 bits per heavy atom. The number of benzene rings is 2. The number of rotatable bonds is 2. The van der Waals surface area contributed by atoms with Gasteiger partial charge in [-0.15, -0.1) is 11.6 Å². The number of para-hydroxylation sites is 1. The van der Waals surface area contributed by atoms with E-state index in [4.69, 9.17) is 23.2 Å². The smallest absolute Gasteiger partial charge is 0.148 e. The summed E-state index contributed by atoms with van der Waals surface area (Å²) in [4.78, 5) is 4.24. The van der Waals surface area contributed by atoms with Crippen LogP contribution in [0.15, 0.2) is 34.8 Å². The van der Waals surface area contributed by atoms with Crippen molar-refractivity contribution in [2.45, 2.75) is 5.88 Å². The van der Waals surface area contributed by atoms with Crippen LogP contribution in [-0.2, 0) is 5.88 Å². The van der Waals surface area contributed by atoms with Crippen molar-refractivity contribution in [3.05, 3.63) is 57.3 Å². The minimum Gasteiger partial charge on any atom is -0.291 e. The molecule has 0 saturated carbocycles. The number of nitrogens with zero attached hydrogens (tertiary/aromatic N) is 2. The van der Waals surface area contributed by atoms with Crippen molar-refractivity contribution in [1.82, 2.24) is 9.55 Å². The van der Waals surface area contributed by atoms with Crippen molar-refractivity contribution in [3.8, 4) is 5.69 Å². The van der Waals surface area contributed by atoms with Gasteiger partial charge in [-0.1, -0.05) is 17.7 Å². The second kappa shape index (κ2) is 5.55. The lowest BCUT2D eigenvalue weighted by molar-refractivity contribution is 0.617. The lowest BCUT2D eigenvalue weighted by Gasteiger charge is -2.11. The second-order valence-corrected chi connectivity index (χ2v) is 5.85. The molecule has 0 aliphatic heterocycles. The lowest BCUT2D eigenvalue weighted by atomic mass is 10.2. The molecule has 0 amide bonds. The largest absolute Gasteiger partial charge is 0.291 e. The third-order valence-electron chi connectivity index (χ3n) is 3.05. The molecule has 0 bridgehead atoms. The Hall–Kier alpha value is -1.17. The molecular weight excluding hydrogens is 385 g/mol. The minimum absolute atomic E-state index is 0.0403. The van der Waals surface area contributed by atoms with Crippen LogP contribution in [0.25, 0.3) is 16.7 Å². The van der Waals surface area contributed by atoms with E-state index in [2.05, 4.69) is 20.9 Å². The van der Waals surface area contributed by atoms with Gasteiger partial charge in [-0.05, 0) is 34.1 Å². The van der Waals surface area contributed by atoms with Crippen LogP contribution in [0.1, 0.15) is 5.82 Å². The Kier molecular flexibility index (Phi) is 3.90. The number of fused-ring (bicyclic) bond motifs is 1. The average molecular weight is 392 g/mol. The summed E-state index contributed by atoms with van der Waals surface area (Å²) < 4.78 is 29.6. The van der Waals surface area contributed by atoms with Crippen LogP contribution in [-0.4, -0.2) is 9.55 Å². The summed E-state index contributed by atoms with van der Waals surface area (Å²) in [6, 6.07) is 7.17. The van der Waals surface area contributed by atoms with Crippen molar-refractivity contribution in [3.63, 3.8) is 0 Å². The topological polar surface area (TPSA) is 17.8 Å². The van der Waals surface area contributed by atoms with Crippen LogP contribution in [0.3, 0.4) is 0 Å². The summed E-state index contributed by atoms with van der Waals surface area (Å²) in [6.07, 6.45) is 0. The molecular formula is C14H7BrCl2F2N2. The summed E-state index contributed by atoms with van der Waals surface area (Å²) >= 11 is 15.1. The molecule has 1 heterocycles. The average Bonchev–Trinajstić information content (AvgIpc) is 2.77. The maximum atomic E-state index is 14.2. The molecule has 0 aliphatic carbocycles. The fourth-order valence-corrected chi connectivity index (χ4v) is 2.92. The highest BCUT2D eigenvalue weighted by atomic mass is 79.9. The lowest BCUT2D eigenvalue weighted by Crippen LogP contribution is -2.03. The Labute approximate surface area is 137 Å². The summed E-state index contributed by atoms with van der Waals surface area (Å²) in [7, 11) is 0. The molecule has 2 nitrogen and oxygen atoms in total. The number of imidazole rings is 1.